The van der Waals surface area contributed by atoms with Crippen molar-refractivity contribution >= 4 is 21.6 Å². The normalized spacial score (nSPS) is 13.3. The maximum atomic E-state index is 12.3. The Bertz CT molecular complexity index is 686. The third-order valence-corrected chi connectivity index (χ3v) is 4.76. The number of rotatable bonds is 5. The molecule has 0 aliphatic rings. The lowest BCUT2D eigenvalue weighted by Gasteiger charge is -2.13. The molecule has 3 N–H and O–H groups in total. The molecule has 0 saturated heterocycles. The molecule has 0 saturated carbocycles. The summed E-state index contributed by atoms with van der Waals surface area (Å²) in [4.78, 5) is 0.0568. The van der Waals surface area contributed by atoms with E-state index < -0.39 is 16.1 Å². The highest BCUT2D eigenvalue weighted by Gasteiger charge is 2.19. The number of nitrogens with one attached hydrogen (secondary N) is 2. The zero-order valence-electron chi connectivity index (χ0n) is 10.7. The molecule has 1 heterocycles. The lowest BCUT2D eigenvalue weighted by molar-refractivity contribution is 0.281. The molecule has 108 valence electrons. The van der Waals surface area contributed by atoms with Gasteiger partial charge in [-0.2, -0.15) is 5.10 Å². The Balaban J connectivity index is 2.26. The van der Waals surface area contributed by atoms with Gasteiger partial charge in [-0.25, -0.2) is 13.1 Å². The van der Waals surface area contributed by atoms with E-state index in [0.717, 1.165) is 5.56 Å². The predicted molar refractivity (Wildman–Crippen MR) is 74.7 cm³/mol. The highest BCUT2D eigenvalue weighted by Crippen LogP contribution is 2.22. The summed E-state index contributed by atoms with van der Waals surface area (Å²) in [6.07, 6.45) is 3.17. The fraction of sp³-hybridized carbons (Fsp3) is 0.250. The van der Waals surface area contributed by atoms with Crippen molar-refractivity contribution < 1.29 is 13.5 Å². The molecule has 0 aliphatic carbocycles. The number of aliphatic hydroxyl groups excluding tert-OH is 1. The second-order valence-electron chi connectivity index (χ2n) is 4.29. The lowest BCUT2D eigenvalue weighted by atomic mass is 10.2. The van der Waals surface area contributed by atoms with Crippen molar-refractivity contribution in [1.29, 1.82) is 0 Å². The Kier molecular flexibility index (Phi) is 4.44. The van der Waals surface area contributed by atoms with Crippen LogP contribution in [0.1, 0.15) is 24.1 Å². The fourth-order valence-corrected chi connectivity index (χ4v) is 3.17. The number of sulfonamides is 1. The maximum Gasteiger partial charge on any atom is 0.241 e. The van der Waals surface area contributed by atoms with E-state index in [1.54, 1.807) is 19.3 Å². The molecule has 6 nitrogen and oxygen atoms in total. The molecule has 20 heavy (non-hydrogen) atoms. The Morgan fingerprint density at radius 3 is 2.85 bits per heavy atom. The van der Waals surface area contributed by atoms with Crippen LogP contribution in [0.2, 0.25) is 5.02 Å². The van der Waals surface area contributed by atoms with E-state index in [1.807, 2.05) is 0 Å². The number of hydrogen-bond acceptors (Lipinski definition) is 4. The summed E-state index contributed by atoms with van der Waals surface area (Å²) in [6.45, 7) is 1.39. The molecule has 0 amide bonds. The predicted octanol–water partition coefficient (Wildman–Crippen LogP) is 1.59. The molecule has 0 fully saturated rings. The highest BCUT2D eigenvalue weighted by molar-refractivity contribution is 7.89. The van der Waals surface area contributed by atoms with Gasteiger partial charge in [-0.15, -0.1) is 0 Å². The van der Waals surface area contributed by atoms with Crippen LogP contribution in [0.4, 0.5) is 0 Å². The Hall–Kier alpha value is -1.41. The molecule has 1 aromatic carbocycles. The molecule has 0 bridgehead atoms. The molecule has 1 unspecified atom stereocenters. The molecular weight excluding hydrogens is 302 g/mol. The highest BCUT2D eigenvalue weighted by atomic mass is 35.5. The Morgan fingerprint density at radius 1 is 1.50 bits per heavy atom. The van der Waals surface area contributed by atoms with E-state index in [9.17, 15) is 8.42 Å². The number of aliphatic hydroxyl groups is 1. The van der Waals surface area contributed by atoms with Gasteiger partial charge in [0.1, 0.15) is 0 Å². The Morgan fingerprint density at radius 2 is 2.25 bits per heavy atom. The first kappa shape index (κ1) is 15.0. The maximum absolute atomic E-state index is 12.3. The minimum absolute atomic E-state index is 0.0568. The van der Waals surface area contributed by atoms with Crippen LogP contribution in [0.3, 0.4) is 0 Å². The van der Waals surface area contributed by atoms with Gasteiger partial charge in [-0.1, -0.05) is 11.6 Å². The molecule has 8 heteroatoms. The lowest BCUT2D eigenvalue weighted by Crippen LogP contribution is -2.26. The number of hydrogen-bond donors (Lipinski definition) is 3. The van der Waals surface area contributed by atoms with Crippen LogP contribution in [-0.2, 0) is 16.6 Å². The summed E-state index contributed by atoms with van der Waals surface area (Å²) in [5.41, 5.74) is 1.09. The number of aromatic amines is 1. The Labute approximate surface area is 121 Å². The number of aromatic nitrogens is 2. The van der Waals surface area contributed by atoms with Crippen molar-refractivity contribution in [3.63, 3.8) is 0 Å². The van der Waals surface area contributed by atoms with E-state index in [-0.39, 0.29) is 11.5 Å². The van der Waals surface area contributed by atoms with Crippen molar-refractivity contribution in [2.75, 3.05) is 0 Å². The molecular formula is C12H14ClN3O3S. The standard InChI is InChI=1S/C12H14ClN3O3S/c1-8(10-5-14-15-6-10)16-20(18,19)11-2-3-12(13)9(4-11)7-17/h2-6,8,16-17H,7H2,1H3,(H,14,15). The summed E-state index contributed by atoms with van der Waals surface area (Å²) >= 11 is 5.85. The quantitative estimate of drug-likeness (QED) is 0.781. The number of benzene rings is 1. The van der Waals surface area contributed by atoms with Crippen LogP contribution in [0.25, 0.3) is 0 Å². The van der Waals surface area contributed by atoms with Gasteiger partial charge in [0.15, 0.2) is 0 Å². The van der Waals surface area contributed by atoms with E-state index in [0.29, 0.717) is 10.6 Å². The van der Waals surface area contributed by atoms with Crippen molar-refractivity contribution in [2.45, 2.75) is 24.5 Å². The van der Waals surface area contributed by atoms with Gasteiger partial charge in [0, 0.05) is 22.8 Å². The van der Waals surface area contributed by atoms with E-state index >= 15 is 0 Å². The van der Waals surface area contributed by atoms with E-state index in [4.69, 9.17) is 16.7 Å². The summed E-state index contributed by atoms with van der Waals surface area (Å²) in [5, 5.41) is 15.9. The van der Waals surface area contributed by atoms with Crippen LogP contribution in [0, 0.1) is 0 Å². The SMILES string of the molecule is CC(NS(=O)(=O)c1ccc(Cl)c(CO)c1)c1cn[nH]c1. The molecule has 1 aromatic heterocycles. The average Bonchev–Trinajstić information content (AvgIpc) is 2.92. The second-order valence-corrected chi connectivity index (χ2v) is 6.41. The van der Waals surface area contributed by atoms with Gasteiger partial charge in [0.25, 0.3) is 0 Å². The van der Waals surface area contributed by atoms with Crippen molar-refractivity contribution in [3.05, 3.63) is 46.7 Å². The van der Waals surface area contributed by atoms with Gasteiger partial charge in [-0.3, -0.25) is 5.10 Å². The summed E-state index contributed by atoms with van der Waals surface area (Å²) < 4.78 is 27.0. The largest absolute Gasteiger partial charge is 0.392 e. The molecule has 2 aromatic rings. The monoisotopic (exact) mass is 315 g/mol. The minimum atomic E-state index is -3.70. The van der Waals surface area contributed by atoms with Gasteiger partial charge in [-0.05, 0) is 30.7 Å². The van der Waals surface area contributed by atoms with Gasteiger partial charge in [0.2, 0.25) is 10.0 Å². The smallest absolute Gasteiger partial charge is 0.241 e. The van der Waals surface area contributed by atoms with Crippen molar-refractivity contribution in [3.8, 4) is 0 Å². The third kappa shape index (κ3) is 3.18. The summed E-state index contributed by atoms with van der Waals surface area (Å²) in [5.74, 6) is 0. The van der Waals surface area contributed by atoms with Crippen LogP contribution in [-0.4, -0.2) is 23.7 Å². The summed E-state index contributed by atoms with van der Waals surface area (Å²) in [6, 6.07) is 3.77. The first-order chi connectivity index (χ1) is 9.44. The summed E-state index contributed by atoms with van der Waals surface area (Å²) in [7, 11) is -3.70. The molecule has 0 spiro atoms. The van der Waals surface area contributed by atoms with Crippen LogP contribution >= 0.6 is 11.6 Å². The first-order valence-corrected chi connectivity index (χ1v) is 7.70. The molecule has 0 aliphatic heterocycles. The molecule has 0 radical (unpaired) electrons. The first-order valence-electron chi connectivity index (χ1n) is 5.84. The van der Waals surface area contributed by atoms with E-state index in [2.05, 4.69) is 14.9 Å². The van der Waals surface area contributed by atoms with Crippen molar-refractivity contribution in [2.24, 2.45) is 0 Å². The van der Waals surface area contributed by atoms with Gasteiger partial charge >= 0.3 is 0 Å². The van der Waals surface area contributed by atoms with E-state index in [1.165, 1.54) is 18.2 Å². The molecule has 1 atom stereocenters. The number of H-pyrrole nitrogens is 1. The average molecular weight is 316 g/mol. The van der Waals surface area contributed by atoms with Gasteiger partial charge < -0.3 is 5.11 Å². The second kappa shape index (κ2) is 5.92. The fourth-order valence-electron chi connectivity index (χ4n) is 1.71. The topological polar surface area (TPSA) is 95.1 Å². The molecule has 2 rings (SSSR count). The van der Waals surface area contributed by atoms with Crippen LogP contribution in [0.5, 0.6) is 0 Å². The number of nitrogens with zero attached hydrogens (tertiary/aromatic N) is 1. The third-order valence-electron chi connectivity index (χ3n) is 2.85. The zero-order valence-corrected chi connectivity index (χ0v) is 12.2. The van der Waals surface area contributed by atoms with Gasteiger partial charge in [0.05, 0.1) is 17.7 Å². The minimum Gasteiger partial charge on any atom is -0.392 e. The number of halogens is 1. The zero-order chi connectivity index (χ0) is 14.8. The van der Waals surface area contributed by atoms with Crippen LogP contribution in [0.15, 0.2) is 35.5 Å². The van der Waals surface area contributed by atoms with Crippen LogP contribution < -0.4 is 4.72 Å². The van der Waals surface area contributed by atoms with Crippen molar-refractivity contribution in [1.82, 2.24) is 14.9 Å².